The Morgan fingerprint density at radius 1 is 1.15 bits per heavy atom. The van der Waals surface area contributed by atoms with E-state index in [2.05, 4.69) is 12.2 Å². The van der Waals surface area contributed by atoms with E-state index in [-0.39, 0.29) is 4.65 Å². The van der Waals surface area contributed by atoms with Gasteiger partial charge in [0, 0.05) is 6.54 Å². The molecule has 0 rings (SSSR count). The van der Waals surface area contributed by atoms with Crippen molar-refractivity contribution >= 4 is 0 Å². The van der Waals surface area contributed by atoms with Gasteiger partial charge in [-0.05, 0) is 12.8 Å². The minimum Gasteiger partial charge on any atom is -0.632 e. The first-order valence-electron chi connectivity index (χ1n) is 5.38. The highest BCUT2D eigenvalue weighted by molar-refractivity contribution is 4.44. The van der Waals surface area contributed by atoms with E-state index in [0.717, 1.165) is 13.0 Å². The van der Waals surface area contributed by atoms with Gasteiger partial charge in [-0.15, -0.1) is 0 Å². The second kappa shape index (κ2) is 7.30. The fraction of sp³-hybridized carbons (Fsp3) is 1.00. The Hall–Kier alpha value is -0.120. The summed E-state index contributed by atoms with van der Waals surface area (Å²) < 4.78 is -0.150. The van der Waals surface area contributed by atoms with Crippen LogP contribution in [-0.4, -0.2) is 31.5 Å². The van der Waals surface area contributed by atoms with Crippen LogP contribution in [0.1, 0.15) is 39.5 Å². The van der Waals surface area contributed by atoms with Crippen LogP contribution in [0.3, 0.4) is 0 Å². The zero-order chi connectivity index (χ0) is 10.2. The van der Waals surface area contributed by atoms with E-state index in [4.69, 9.17) is 0 Å². The quantitative estimate of drug-likeness (QED) is 0.274. The van der Waals surface area contributed by atoms with Gasteiger partial charge >= 0.3 is 0 Å². The Bertz CT molecular complexity index is 115. The topological polar surface area (TPSA) is 35.1 Å². The molecule has 0 radical (unpaired) electrons. The molecule has 0 fully saturated rings. The highest BCUT2D eigenvalue weighted by Gasteiger charge is 2.06. The summed E-state index contributed by atoms with van der Waals surface area (Å²) in [5.74, 6) is 0. The summed E-state index contributed by atoms with van der Waals surface area (Å²) in [6.07, 6.45) is 4.63. The van der Waals surface area contributed by atoms with Gasteiger partial charge < -0.3 is 9.85 Å². The standard InChI is InChI=1S/C10H24N2O/c1-4-6-7-8-11-10-12(3,13)9-5-2/h11H,4-10H2,1-3H3. The number of unbranched alkanes of at least 4 members (excludes halogenated alkanes) is 2. The number of nitrogens with one attached hydrogen (secondary N) is 1. The second-order valence-corrected chi connectivity index (χ2v) is 3.89. The number of rotatable bonds is 8. The monoisotopic (exact) mass is 188 g/mol. The summed E-state index contributed by atoms with van der Waals surface area (Å²) in [7, 11) is 1.73. The van der Waals surface area contributed by atoms with Crippen molar-refractivity contribution in [1.82, 2.24) is 5.32 Å². The first kappa shape index (κ1) is 12.9. The van der Waals surface area contributed by atoms with Crippen LogP contribution < -0.4 is 5.32 Å². The SMILES string of the molecule is CCCCCNC[N+](C)([O-])CCC. The minimum atomic E-state index is -0.150. The molecule has 80 valence electrons. The van der Waals surface area contributed by atoms with E-state index in [1.54, 1.807) is 7.05 Å². The highest BCUT2D eigenvalue weighted by atomic mass is 16.5. The first-order valence-corrected chi connectivity index (χ1v) is 5.38. The molecule has 0 saturated carbocycles. The molecular weight excluding hydrogens is 164 g/mol. The van der Waals surface area contributed by atoms with Crippen molar-refractivity contribution in [2.45, 2.75) is 39.5 Å². The van der Waals surface area contributed by atoms with Crippen LogP contribution in [0.2, 0.25) is 0 Å². The lowest BCUT2D eigenvalue weighted by Crippen LogP contribution is -2.45. The number of hydrogen-bond acceptors (Lipinski definition) is 2. The predicted molar refractivity (Wildman–Crippen MR) is 57.1 cm³/mol. The first-order chi connectivity index (χ1) is 6.12. The Balaban J connectivity index is 3.29. The Labute approximate surface area is 82.3 Å². The summed E-state index contributed by atoms with van der Waals surface area (Å²) in [5.41, 5.74) is 0. The molecule has 0 aromatic carbocycles. The Kier molecular flexibility index (Phi) is 7.23. The number of hydrogen-bond donors (Lipinski definition) is 1. The summed E-state index contributed by atoms with van der Waals surface area (Å²) in [5, 5.41) is 14.8. The molecular formula is C10H24N2O. The van der Waals surface area contributed by atoms with E-state index in [1.165, 1.54) is 19.3 Å². The molecule has 0 spiro atoms. The molecule has 1 N–H and O–H groups in total. The van der Waals surface area contributed by atoms with Gasteiger partial charge in [-0.3, -0.25) is 5.32 Å². The lowest BCUT2D eigenvalue weighted by Gasteiger charge is -2.38. The largest absolute Gasteiger partial charge is 0.632 e. The van der Waals surface area contributed by atoms with Crippen molar-refractivity contribution in [2.24, 2.45) is 0 Å². The van der Waals surface area contributed by atoms with Crippen molar-refractivity contribution in [3.05, 3.63) is 5.21 Å². The molecule has 0 aromatic heterocycles. The highest BCUT2D eigenvalue weighted by Crippen LogP contribution is 1.98. The van der Waals surface area contributed by atoms with E-state index in [1.807, 2.05) is 6.92 Å². The molecule has 0 aliphatic carbocycles. The van der Waals surface area contributed by atoms with Crippen LogP contribution in [0.25, 0.3) is 0 Å². The molecule has 0 bridgehead atoms. The van der Waals surface area contributed by atoms with Gasteiger partial charge in [-0.25, -0.2) is 0 Å². The zero-order valence-electron chi connectivity index (χ0n) is 9.31. The maximum atomic E-state index is 11.6. The lowest BCUT2D eigenvalue weighted by atomic mass is 10.2. The number of nitrogens with zero attached hydrogens (tertiary/aromatic N) is 1. The lowest BCUT2D eigenvalue weighted by molar-refractivity contribution is -0.863. The molecule has 3 nitrogen and oxygen atoms in total. The van der Waals surface area contributed by atoms with Gasteiger partial charge in [-0.1, -0.05) is 26.7 Å². The Morgan fingerprint density at radius 2 is 1.85 bits per heavy atom. The third-order valence-corrected chi connectivity index (χ3v) is 2.10. The van der Waals surface area contributed by atoms with E-state index in [9.17, 15) is 5.21 Å². The van der Waals surface area contributed by atoms with Crippen molar-refractivity contribution in [3.8, 4) is 0 Å². The molecule has 0 saturated heterocycles. The molecule has 3 heteroatoms. The summed E-state index contributed by atoms with van der Waals surface area (Å²) in [4.78, 5) is 0. The average Bonchev–Trinajstić information content (AvgIpc) is 2.04. The van der Waals surface area contributed by atoms with Crippen molar-refractivity contribution in [3.63, 3.8) is 0 Å². The molecule has 1 atom stereocenters. The van der Waals surface area contributed by atoms with Crippen LogP contribution >= 0.6 is 0 Å². The third kappa shape index (κ3) is 8.22. The maximum Gasteiger partial charge on any atom is 0.132 e. The van der Waals surface area contributed by atoms with E-state index in [0.29, 0.717) is 13.2 Å². The second-order valence-electron chi connectivity index (χ2n) is 3.89. The van der Waals surface area contributed by atoms with Gasteiger partial charge in [0.15, 0.2) is 0 Å². The number of hydroxylamine groups is 3. The zero-order valence-corrected chi connectivity index (χ0v) is 9.31. The van der Waals surface area contributed by atoms with Gasteiger partial charge in [0.05, 0.1) is 13.6 Å². The molecule has 13 heavy (non-hydrogen) atoms. The Morgan fingerprint density at radius 3 is 2.38 bits per heavy atom. The van der Waals surface area contributed by atoms with Crippen molar-refractivity contribution < 1.29 is 4.65 Å². The van der Waals surface area contributed by atoms with Gasteiger partial charge in [0.1, 0.15) is 6.67 Å². The molecule has 0 aliphatic heterocycles. The molecule has 0 aromatic rings. The molecule has 1 unspecified atom stereocenters. The van der Waals surface area contributed by atoms with E-state index >= 15 is 0 Å². The van der Waals surface area contributed by atoms with Crippen LogP contribution in [0.4, 0.5) is 0 Å². The predicted octanol–water partition coefficient (Wildman–Crippen LogP) is 2.08. The fourth-order valence-electron chi connectivity index (χ4n) is 1.37. The van der Waals surface area contributed by atoms with Gasteiger partial charge in [0.2, 0.25) is 0 Å². The van der Waals surface area contributed by atoms with Gasteiger partial charge in [0.25, 0.3) is 0 Å². The maximum absolute atomic E-state index is 11.6. The van der Waals surface area contributed by atoms with E-state index < -0.39 is 0 Å². The normalized spacial score (nSPS) is 15.7. The van der Waals surface area contributed by atoms with Crippen LogP contribution in [-0.2, 0) is 0 Å². The summed E-state index contributed by atoms with van der Waals surface area (Å²) >= 11 is 0. The summed E-state index contributed by atoms with van der Waals surface area (Å²) in [6, 6.07) is 0. The third-order valence-electron chi connectivity index (χ3n) is 2.10. The number of quaternary nitrogens is 1. The van der Waals surface area contributed by atoms with Crippen LogP contribution in [0.5, 0.6) is 0 Å². The minimum absolute atomic E-state index is 0.150. The molecule has 0 aliphatic rings. The molecule has 0 heterocycles. The van der Waals surface area contributed by atoms with Crippen molar-refractivity contribution in [1.29, 1.82) is 0 Å². The summed E-state index contributed by atoms with van der Waals surface area (Å²) in [6.45, 7) is 6.47. The van der Waals surface area contributed by atoms with Crippen molar-refractivity contribution in [2.75, 3.05) is 26.8 Å². The average molecular weight is 188 g/mol. The van der Waals surface area contributed by atoms with Gasteiger partial charge in [-0.2, -0.15) is 0 Å². The molecule has 0 amide bonds. The van der Waals surface area contributed by atoms with Crippen LogP contribution in [0.15, 0.2) is 0 Å². The van der Waals surface area contributed by atoms with Crippen LogP contribution in [0, 0.1) is 5.21 Å². The smallest absolute Gasteiger partial charge is 0.132 e. The fourth-order valence-corrected chi connectivity index (χ4v) is 1.37.